The molecule has 2 aromatic rings. The minimum atomic E-state index is -0.327. The highest BCUT2D eigenvalue weighted by atomic mass is 16.5. The number of anilines is 1. The van der Waals surface area contributed by atoms with Crippen molar-refractivity contribution in [1.29, 1.82) is 0 Å². The lowest BCUT2D eigenvalue weighted by atomic mass is 10.1. The summed E-state index contributed by atoms with van der Waals surface area (Å²) in [5.41, 5.74) is 2.37. The van der Waals surface area contributed by atoms with Gasteiger partial charge in [0.25, 0.3) is 5.91 Å². The monoisotopic (exact) mass is 285 g/mol. The number of hydrogen-bond acceptors (Lipinski definition) is 3. The summed E-state index contributed by atoms with van der Waals surface area (Å²) in [6, 6.07) is 10.1. The quantitative estimate of drug-likeness (QED) is 0.938. The Morgan fingerprint density at radius 3 is 3.14 bits per heavy atom. The average molecular weight is 285 g/mol. The van der Waals surface area contributed by atoms with Crippen LogP contribution in [-0.4, -0.2) is 28.4 Å². The highest BCUT2D eigenvalue weighted by Gasteiger charge is 2.24. The van der Waals surface area contributed by atoms with E-state index in [1.165, 1.54) is 5.56 Å². The van der Waals surface area contributed by atoms with Crippen LogP contribution in [0.5, 0.6) is 0 Å². The average Bonchev–Trinajstić information content (AvgIpc) is 3.11. The molecule has 1 unspecified atom stereocenters. The Balaban J connectivity index is 1.70. The van der Waals surface area contributed by atoms with Crippen LogP contribution in [0.15, 0.2) is 36.5 Å². The fraction of sp³-hybridized carbons (Fsp3) is 0.375. The van der Waals surface area contributed by atoms with E-state index in [0.29, 0.717) is 19.0 Å². The first-order chi connectivity index (χ1) is 10.2. The predicted octanol–water partition coefficient (Wildman–Crippen LogP) is 2.36. The van der Waals surface area contributed by atoms with Crippen LogP contribution in [0, 0.1) is 6.92 Å². The summed E-state index contributed by atoms with van der Waals surface area (Å²) in [6.07, 6.45) is 3.10. The van der Waals surface area contributed by atoms with Crippen molar-refractivity contribution in [2.75, 3.05) is 11.9 Å². The minimum absolute atomic E-state index is 0.0847. The van der Waals surface area contributed by atoms with Gasteiger partial charge in [0.15, 0.2) is 0 Å². The van der Waals surface area contributed by atoms with Gasteiger partial charge in [-0.1, -0.05) is 29.8 Å². The van der Waals surface area contributed by atoms with Crippen LogP contribution in [0.1, 0.15) is 24.0 Å². The van der Waals surface area contributed by atoms with Crippen LogP contribution >= 0.6 is 0 Å². The number of carbonyl (C=O) groups is 1. The molecule has 3 rings (SSSR count). The molecule has 1 amide bonds. The van der Waals surface area contributed by atoms with Crippen LogP contribution in [-0.2, 0) is 16.1 Å². The van der Waals surface area contributed by atoms with Crippen molar-refractivity contribution in [2.24, 2.45) is 0 Å². The summed E-state index contributed by atoms with van der Waals surface area (Å²) < 4.78 is 7.19. The number of benzene rings is 1. The van der Waals surface area contributed by atoms with E-state index in [-0.39, 0.29) is 12.0 Å². The van der Waals surface area contributed by atoms with Crippen molar-refractivity contribution in [3.63, 3.8) is 0 Å². The van der Waals surface area contributed by atoms with Gasteiger partial charge >= 0.3 is 0 Å². The van der Waals surface area contributed by atoms with E-state index in [1.54, 1.807) is 10.9 Å². The first kappa shape index (κ1) is 13.8. The van der Waals surface area contributed by atoms with Gasteiger partial charge < -0.3 is 10.1 Å². The second-order valence-electron chi connectivity index (χ2n) is 5.35. The third-order valence-electron chi connectivity index (χ3n) is 3.60. The molecule has 1 fully saturated rings. The van der Waals surface area contributed by atoms with Crippen LogP contribution in [0.4, 0.5) is 5.82 Å². The van der Waals surface area contributed by atoms with E-state index >= 15 is 0 Å². The molecule has 1 saturated heterocycles. The molecule has 1 aliphatic rings. The molecule has 0 bridgehead atoms. The summed E-state index contributed by atoms with van der Waals surface area (Å²) in [5, 5.41) is 7.19. The van der Waals surface area contributed by atoms with Gasteiger partial charge in [-0.25, -0.2) is 4.68 Å². The highest BCUT2D eigenvalue weighted by Crippen LogP contribution is 2.16. The van der Waals surface area contributed by atoms with Gasteiger partial charge in [0.1, 0.15) is 11.9 Å². The Morgan fingerprint density at radius 1 is 1.48 bits per heavy atom. The Morgan fingerprint density at radius 2 is 2.38 bits per heavy atom. The molecule has 0 aliphatic carbocycles. The first-order valence-corrected chi connectivity index (χ1v) is 7.22. The molecule has 2 heterocycles. The van der Waals surface area contributed by atoms with Crippen LogP contribution in [0.3, 0.4) is 0 Å². The van der Waals surface area contributed by atoms with Crippen molar-refractivity contribution < 1.29 is 9.53 Å². The van der Waals surface area contributed by atoms with E-state index in [4.69, 9.17) is 4.74 Å². The Kier molecular flexibility index (Phi) is 4.01. The highest BCUT2D eigenvalue weighted by molar-refractivity contribution is 5.93. The number of aromatic nitrogens is 2. The number of carbonyl (C=O) groups excluding carboxylic acids is 1. The molecule has 0 radical (unpaired) electrons. The summed E-state index contributed by atoms with van der Waals surface area (Å²) in [4.78, 5) is 12.1. The summed E-state index contributed by atoms with van der Waals surface area (Å²) in [6.45, 7) is 3.36. The van der Waals surface area contributed by atoms with Crippen molar-refractivity contribution in [1.82, 2.24) is 9.78 Å². The molecule has 1 aliphatic heterocycles. The van der Waals surface area contributed by atoms with Crippen LogP contribution in [0.2, 0.25) is 0 Å². The van der Waals surface area contributed by atoms with Crippen molar-refractivity contribution in [3.8, 4) is 0 Å². The Bertz CT molecular complexity index is 630. The summed E-state index contributed by atoms with van der Waals surface area (Å²) in [5.74, 6) is 0.621. The fourth-order valence-electron chi connectivity index (χ4n) is 2.54. The summed E-state index contributed by atoms with van der Waals surface area (Å²) in [7, 11) is 0. The van der Waals surface area contributed by atoms with E-state index in [0.717, 1.165) is 18.4 Å². The smallest absolute Gasteiger partial charge is 0.254 e. The normalized spacial score (nSPS) is 17.9. The largest absolute Gasteiger partial charge is 0.368 e. The maximum atomic E-state index is 12.1. The van der Waals surface area contributed by atoms with Crippen LogP contribution < -0.4 is 5.32 Å². The lowest BCUT2D eigenvalue weighted by molar-refractivity contribution is -0.124. The van der Waals surface area contributed by atoms with E-state index in [1.807, 2.05) is 12.1 Å². The molecule has 110 valence electrons. The number of aryl methyl sites for hydroxylation is 1. The third-order valence-corrected chi connectivity index (χ3v) is 3.60. The van der Waals surface area contributed by atoms with Gasteiger partial charge in [-0.15, -0.1) is 0 Å². The number of rotatable bonds is 4. The van der Waals surface area contributed by atoms with Gasteiger partial charge in [0.2, 0.25) is 0 Å². The number of amides is 1. The van der Waals surface area contributed by atoms with E-state index in [9.17, 15) is 4.79 Å². The molecule has 1 aromatic heterocycles. The fourth-order valence-corrected chi connectivity index (χ4v) is 2.54. The van der Waals surface area contributed by atoms with Gasteiger partial charge in [-0.2, -0.15) is 5.10 Å². The van der Waals surface area contributed by atoms with Crippen molar-refractivity contribution in [2.45, 2.75) is 32.4 Å². The lowest BCUT2D eigenvalue weighted by Gasteiger charge is -2.12. The van der Waals surface area contributed by atoms with E-state index in [2.05, 4.69) is 35.5 Å². The molecule has 1 aromatic carbocycles. The summed E-state index contributed by atoms with van der Waals surface area (Å²) >= 11 is 0. The molecule has 1 atom stereocenters. The second-order valence-corrected chi connectivity index (χ2v) is 5.35. The maximum Gasteiger partial charge on any atom is 0.254 e. The second kappa shape index (κ2) is 6.10. The number of ether oxygens (including phenoxy) is 1. The number of nitrogens with zero attached hydrogens (tertiary/aromatic N) is 2. The van der Waals surface area contributed by atoms with Gasteiger partial charge in [0.05, 0.1) is 12.7 Å². The zero-order valence-electron chi connectivity index (χ0n) is 12.1. The molecule has 0 spiro atoms. The van der Waals surface area contributed by atoms with Crippen molar-refractivity contribution >= 4 is 11.7 Å². The molecule has 21 heavy (non-hydrogen) atoms. The first-order valence-electron chi connectivity index (χ1n) is 7.22. The molecular weight excluding hydrogens is 266 g/mol. The zero-order chi connectivity index (χ0) is 14.7. The number of nitrogens with one attached hydrogen (secondary N) is 1. The molecule has 5 heteroatoms. The third kappa shape index (κ3) is 3.31. The molecule has 1 N–H and O–H groups in total. The number of hydrogen-bond donors (Lipinski definition) is 1. The Labute approximate surface area is 123 Å². The van der Waals surface area contributed by atoms with Gasteiger partial charge in [-0.3, -0.25) is 4.79 Å². The minimum Gasteiger partial charge on any atom is -0.368 e. The van der Waals surface area contributed by atoms with Crippen molar-refractivity contribution in [3.05, 3.63) is 47.7 Å². The molecule has 5 nitrogen and oxygen atoms in total. The SMILES string of the molecule is Cc1cccc(Cn2nccc2NC(=O)C2CCCO2)c1. The van der Waals surface area contributed by atoms with E-state index < -0.39 is 0 Å². The Hall–Kier alpha value is -2.14. The topological polar surface area (TPSA) is 56.2 Å². The maximum absolute atomic E-state index is 12.1. The predicted molar refractivity (Wildman–Crippen MR) is 80.1 cm³/mol. The van der Waals surface area contributed by atoms with Crippen LogP contribution in [0.25, 0.3) is 0 Å². The van der Waals surface area contributed by atoms with Gasteiger partial charge in [0, 0.05) is 12.7 Å². The molecule has 0 saturated carbocycles. The van der Waals surface area contributed by atoms with Gasteiger partial charge in [-0.05, 0) is 25.3 Å². The lowest BCUT2D eigenvalue weighted by Crippen LogP contribution is -2.28. The molecular formula is C16H19N3O2. The zero-order valence-corrected chi connectivity index (χ0v) is 12.1. The standard InChI is InChI=1S/C16H19N3O2/c1-12-4-2-5-13(10-12)11-19-15(7-8-17-19)18-16(20)14-6-3-9-21-14/h2,4-5,7-8,10,14H,3,6,9,11H2,1H3,(H,18,20).